The molecule has 18 heavy (non-hydrogen) atoms. The summed E-state index contributed by atoms with van der Waals surface area (Å²) in [6.07, 6.45) is 0.982. The molecule has 2 rings (SSSR count). The van der Waals surface area contributed by atoms with Gasteiger partial charge < -0.3 is 9.73 Å². The zero-order valence-electron chi connectivity index (χ0n) is 11.1. The smallest absolute Gasteiger partial charge is 0.106 e. The highest BCUT2D eigenvalue weighted by Gasteiger charge is 2.21. The first kappa shape index (κ1) is 13.8. The van der Waals surface area contributed by atoms with Crippen molar-refractivity contribution in [2.45, 2.75) is 33.2 Å². The molecule has 0 spiro atoms. The molecule has 0 bridgehead atoms. The number of nitrogens with one attached hydrogen (secondary N) is 1. The van der Waals surface area contributed by atoms with Crippen molar-refractivity contribution >= 4 is 27.3 Å². The van der Waals surface area contributed by atoms with Crippen LogP contribution >= 0.6 is 27.3 Å². The highest BCUT2D eigenvalue weighted by molar-refractivity contribution is 9.10. The van der Waals surface area contributed by atoms with E-state index in [1.165, 1.54) is 20.5 Å². The molecule has 98 valence electrons. The van der Waals surface area contributed by atoms with E-state index in [0.717, 1.165) is 17.9 Å². The summed E-state index contributed by atoms with van der Waals surface area (Å²) in [7, 11) is 2.01. The molecule has 2 aromatic rings. The molecule has 0 aromatic carbocycles. The Morgan fingerprint density at radius 2 is 2.06 bits per heavy atom. The van der Waals surface area contributed by atoms with E-state index >= 15 is 0 Å². The summed E-state index contributed by atoms with van der Waals surface area (Å²) in [4.78, 5) is 1.37. The molecule has 0 aliphatic carbocycles. The lowest BCUT2D eigenvalue weighted by Crippen LogP contribution is -2.19. The van der Waals surface area contributed by atoms with E-state index in [-0.39, 0.29) is 0 Å². The van der Waals surface area contributed by atoms with Gasteiger partial charge in [0, 0.05) is 27.4 Å². The van der Waals surface area contributed by atoms with Crippen LogP contribution in [0.25, 0.3) is 0 Å². The minimum atomic E-state index is 0.303. The summed E-state index contributed by atoms with van der Waals surface area (Å²) in [6, 6.07) is 2.41. The number of likely N-dealkylation sites (N-methyl/N-ethyl adjacent to an activating group) is 1. The average molecular weight is 328 g/mol. The lowest BCUT2D eigenvalue weighted by atomic mass is 9.99. The van der Waals surface area contributed by atoms with Gasteiger partial charge in [-0.25, -0.2) is 0 Å². The third-order valence-corrected chi connectivity index (χ3v) is 5.34. The average Bonchev–Trinajstić information content (AvgIpc) is 2.83. The lowest BCUT2D eigenvalue weighted by Gasteiger charge is -2.16. The highest BCUT2D eigenvalue weighted by atomic mass is 79.9. The third-order valence-electron chi connectivity index (χ3n) is 3.40. The van der Waals surface area contributed by atoms with Gasteiger partial charge in [-0.1, -0.05) is 0 Å². The Hall–Kier alpha value is -0.580. The van der Waals surface area contributed by atoms with Crippen LogP contribution < -0.4 is 5.32 Å². The molecule has 2 nitrogen and oxygen atoms in total. The highest BCUT2D eigenvalue weighted by Crippen LogP contribution is 2.32. The van der Waals surface area contributed by atoms with Crippen LogP contribution in [0.4, 0.5) is 0 Å². The number of thiophene rings is 1. The van der Waals surface area contributed by atoms with Crippen molar-refractivity contribution in [2.75, 3.05) is 7.05 Å². The molecule has 1 unspecified atom stereocenters. The molecule has 0 fully saturated rings. The van der Waals surface area contributed by atoms with Crippen molar-refractivity contribution < 1.29 is 4.42 Å². The fourth-order valence-electron chi connectivity index (χ4n) is 2.33. The van der Waals surface area contributed by atoms with E-state index in [2.05, 4.69) is 39.6 Å². The van der Waals surface area contributed by atoms with Crippen LogP contribution in [-0.2, 0) is 6.42 Å². The van der Waals surface area contributed by atoms with Crippen LogP contribution in [-0.4, -0.2) is 7.05 Å². The van der Waals surface area contributed by atoms with Crippen molar-refractivity contribution in [3.05, 3.63) is 43.4 Å². The van der Waals surface area contributed by atoms with E-state index < -0.39 is 0 Å². The molecule has 0 aliphatic rings. The van der Waals surface area contributed by atoms with E-state index in [1.807, 2.05) is 20.9 Å². The van der Waals surface area contributed by atoms with Crippen LogP contribution in [0.1, 0.15) is 33.6 Å². The van der Waals surface area contributed by atoms with E-state index in [4.69, 9.17) is 4.42 Å². The summed E-state index contributed by atoms with van der Waals surface area (Å²) in [6.45, 7) is 6.21. The predicted molar refractivity (Wildman–Crippen MR) is 80.4 cm³/mol. The molecule has 0 radical (unpaired) electrons. The van der Waals surface area contributed by atoms with Crippen molar-refractivity contribution in [2.24, 2.45) is 0 Å². The first-order valence-corrected chi connectivity index (χ1v) is 7.67. The maximum Gasteiger partial charge on any atom is 0.106 e. The fraction of sp³-hybridized carbons (Fsp3) is 0.429. The maximum absolute atomic E-state index is 5.73. The summed E-state index contributed by atoms with van der Waals surface area (Å²) < 4.78 is 6.93. The summed E-state index contributed by atoms with van der Waals surface area (Å²) in [5, 5.41) is 5.52. The molecular formula is C14H18BrNOS. The van der Waals surface area contributed by atoms with Gasteiger partial charge in [0.25, 0.3) is 0 Å². The largest absolute Gasteiger partial charge is 0.466 e. The van der Waals surface area contributed by atoms with Gasteiger partial charge in [-0.2, -0.15) is 0 Å². The quantitative estimate of drug-likeness (QED) is 0.892. The van der Waals surface area contributed by atoms with Crippen molar-refractivity contribution in [1.29, 1.82) is 0 Å². The van der Waals surface area contributed by atoms with Crippen LogP contribution in [0.5, 0.6) is 0 Å². The topological polar surface area (TPSA) is 25.2 Å². The zero-order chi connectivity index (χ0) is 13.3. The van der Waals surface area contributed by atoms with Gasteiger partial charge in [0.1, 0.15) is 11.5 Å². The van der Waals surface area contributed by atoms with Gasteiger partial charge >= 0.3 is 0 Å². The molecule has 4 heteroatoms. The second-order valence-electron chi connectivity index (χ2n) is 4.49. The Kier molecular flexibility index (Phi) is 4.30. The van der Waals surface area contributed by atoms with Gasteiger partial charge in [0.15, 0.2) is 0 Å². The van der Waals surface area contributed by atoms with Crippen molar-refractivity contribution in [3.63, 3.8) is 0 Å². The van der Waals surface area contributed by atoms with Crippen molar-refractivity contribution in [1.82, 2.24) is 5.32 Å². The number of hydrogen-bond donors (Lipinski definition) is 1. The molecule has 0 amide bonds. The first-order valence-electron chi connectivity index (χ1n) is 6.00. The second kappa shape index (κ2) is 5.59. The van der Waals surface area contributed by atoms with Crippen LogP contribution in [0.15, 0.2) is 20.3 Å². The Morgan fingerprint density at radius 3 is 2.50 bits per heavy atom. The fourth-order valence-corrected chi connectivity index (χ4v) is 3.89. The molecule has 2 heterocycles. The molecule has 2 aromatic heterocycles. The predicted octanol–water partition coefficient (Wildman–Crippen LogP) is 4.53. The Labute approximate surface area is 121 Å². The summed E-state index contributed by atoms with van der Waals surface area (Å²) in [5.74, 6) is 2.05. The van der Waals surface area contributed by atoms with E-state index in [0.29, 0.717) is 6.04 Å². The molecule has 0 aliphatic heterocycles. The number of rotatable bonds is 4. The minimum absolute atomic E-state index is 0.303. The minimum Gasteiger partial charge on any atom is -0.466 e. The Bertz CT molecular complexity index is 544. The number of hydrogen-bond acceptors (Lipinski definition) is 3. The number of halogens is 1. The lowest BCUT2D eigenvalue weighted by molar-refractivity contribution is 0.490. The monoisotopic (exact) mass is 327 g/mol. The summed E-state index contributed by atoms with van der Waals surface area (Å²) >= 11 is 5.39. The third kappa shape index (κ3) is 2.56. The normalized spacial score (nSPS) is 12.9. The van der Waals surface area contributed by atoms with Crippen LogP contribution in [0, 0.1) is 20.8 Å². The van der Waals surface area contributed by atoms with Gasteiger partial charge in [0.2, 0.25) is 0 Å². The van der Waals surface area contributed by atoms with Gasteiger partial charge in [-0.15, -0.1) is 11.3 Å². The Balaban J connectivity index is 2.31. The van der Waals surface area contributed by atoms with Gasteiger partial charge in [-0.3, -0.25) is 0 Å². The standard InChI is InChI=1S/C14H18BrNOS/c1-8-9(2)17-10(3)14(8)12(16-4)7-13-11(15)5-6-18-13/h5-6,12,16H,7H2,1-4H3. The maximum atomic E-state index is 5.73. The van der Waals surface area contributed by atoms with Gasteiger partial charge in [0.05, 0.1) is 0 Å². The van der Waals surface area contributed by atoms with Crippen LogP contribution in [0.2, 0.25) is 0 Å². The van der Waals surface area contributed by atoms with Crippen LogP contribution in [0.3, 0.4) is 0 Å². The zero-order valence-corrected chi connectivity index (χ0v) is 13.5. The second-order valence-corrected chi connectivity index (χ2v) is 6.35. The number of aryl methyl sites for hydroxylation is 2. The number of furan rings is 1. The summed E-state index contributed by atoms with van der Waals surface area (Å²) in [5.41, 5.74) is 2.56. The molecule has 1 N–H and O–H groups in total. The molecule has 1 atom stereocenters. The first-order chi connectivity index (χ1) is 8.54. The van der Waals surface area contributed by atoms with Gasteiger partial charge in [-0.05, 0) is 60.8 Å². The molecule has 0 saturated heterocycles. The van der Waals surface area contributed by atoms with E-state index in [1.54, 1.807) is 11.3 Å². The molecule has 0 saturated carbocycles. The molecular weight excluding hydrogens is 310 g/mol. The van der Waals surface area contributed by atoms with E-state index in [9.17, 15) is 0 Å². The SMILES string of the molecule is CNC(Cc1sccc1Br)c1c(C)oc(C)c1C. The van der Waals surface area contributed by atoms with Crippen molar-refractivity contribution in [3.8, 4) is 0 Å². The Morgan fingerprint density at radius 1 is 1.33 bits per heavy atom.